The molecule has 2 aromatic carbocycles. The first kappa shape index (κ1) is 23.1. The molecule has 2 aliphatic rings. The summed E-state index contributed by atoms with van der Waals surface area (Å²) >= 11 is 0. The van der Waals surface area contributed by atoms with Crippen molar-refractivity contribution in [2.75, 3.05) is 39.3 Å². The van der Waals surface area contributed by atoms with Crippen molar-refractivity contribution in [2.45, 2.75) is 51.1 Å². The molecule has 0 spiro atoms. The molecule has 0 aliphatic carbocycles. The number of para-hydroxylation sites is 1. The fourth-order valence-electron chi connectivity index (χ4n) is 5.57. The summed E-state index contributed by atoms with van der Waals surface area (Å²) in [5, 5.41) is 8.98. The second-order valence-electron chi connectivity index (χ2n) is 9.76. The standard InChI is InChI=1S/C28H37N5O/c34-27(29-16-9-17-31-20-14-24(15-21-31)32-18-7-2-8-19-32)22-33-26-13-6-5-12-25(26)28(30-33)23-10-3-1-4-11-23/h1,3-6,10-13,24H,2,7-9,14-22H2,(H,29,34). The smallest absolute Gasteiger partial charge is 0.241 e. The second-order valence-corrected chi connectivity index (χ2v) is 9.76. The molecule has 6 heteroatoms. The number of benzene rings is 2. The Balaban J connectivity index is 1.08. The van der Waals surface area contributed by atoms with Crippen molar-refractivity contribution < 1.29 is 4.79 Å². The van der Waals surface area contributed by atoms with E-state index in [4.69, 9.17) is 5.10 Å². The van der Waals surface area contributed by atoms with Gasteiger partial charge in [0.2, 0.25) is 5.91 Å². The first-order valence-electron chi connectivity index (χ1n) is 13.0. The van der Waals surface area contributed by atoms with Crippen molar-refractivity contribution in [1.29, 1.82) is 0 Å². The predicted molar refractivity (Wildman–Crippen MR) is 138 cm³/mol. The number of amides is 1. The first-order valence-corrected chi connectivity index (χ1v) is 13.0. The third-order valence-electron chi connectivity index (χ3n) is 7.44. The number of likely N-dealkylation sites (tertiary alicyclic amines) is 2. The number of rotatable bonds is 8. The Kier molecular flexibility index (Phi) is 7.56. The van der Waals surface area contributed by atoms with Gasteiger partial charge in [0.05, 0.1) is 5.52 Å². The number of nitrogens with one attached hydrogen (secondary N) is 1. The minimum atomic E-state index is 0.0247. The number of carbonyl (C=O) groups is 1. The third-order valence-corrected chi connectivity index (χ3v) is 7.44. The van der Waals surface area contributed by atoms with Gasteiger partial charge in [-0.1, -0.05) is 55.0 Å². The van der Waals surface area contributed by atoms with E-state index in [9.17, 15) is 4.79 Å². The van der Waals surface area contributed by atoms with Gasteiger partial charge in [-0.05, 0) is 70.9 Å². The summed E-state index contributed by atoms with van der Waals surface area (Å²) < 4.78 is 1.83. The largest absolute Gasteiger partial charge is 0.354 e. The lowest BCUT2D eigenvalue weighted by Crippen LogP contribution is -2.47. The zero-order valence-electron chi connectivity index (χ0n) is 20.2. The Morgan fingerprint density at radius 3 is 2.44 bits per heavy atom. The lowest BCUT2D eigenvalue weighted by molar-refractivity contribution is -0.121. The molecule has 0 radical (unpaired) electrons. The summed E-state index contributed by atoms with van der Waals surface area (Å²) in [5.41, 5.74) is 2.99. The molecule has 2 saturated heterocycles. The van der Waals surface area contributed by atoms with Crippen molar-refractivity contribution in [3.63, 3.8) is 0 Å². The van der Waals surface area contributed by atoms with Gasteiger partial charge in [-0.2, -0.15) is 5.10 Å². The van der Waals surface area contributed by atoms with Crippen LogP contribution in [-0.4, -0.2) is 70.8 Å². The molecular formula is C28H37N5O. The Bertz CT molecular complexity index is 1060. The number of fused-ring (bicyclic) bond motifs is 1. The van der Waals surface area contributed by atoms with Gasteiger partial charge >= 0.3 is 0 Å². The van der Waals surface area contributed by atoms with E-state index in [1.165, 1.54) is 58.3 Å². The molecule has 2 aliphatic heterocycles. The summed E-state index contributed by atoms with van der Waals surface area (Å²) in [6, 6.07) is 19.1. The Morgan fingerprint density at radius 2 is 1.65 bits per heavy atom. The van der Waals surface area contributed by atoms with E-state index in [1.54, 1.807) is 0 Å². The van der Waals surface area contributed by atoms with Gasteiger partial charge in [-0.3, -0.25) is 9.48 Å². The lowest BCUT2D eigenvalue weighted by atomic mass is 10.00. The van der Waals surface area contributed by atoms with Gasteiger partial charge in [0.25, 0.3) is 0 Å². The summed E-state index contributed by atoms with van der Waals surface area (Å²) in [6.45, 7) is 7.01. The van der Waals surface area contributed by atoms with E-state index in [-0.39, 0.29) is 12.5 Å². The molecule has 5 rings (SSSR count). The zero-order valence-corrected chi connectivity index (χ0v) is 20.2. The summed E-state index contributed by atoms with van der Waals surface area (Å²) in [5.74, 6) is 0.0247. The van der Waals surface area contributed by atoms with Gasteiger partial charge in [0, 0.05) is 23.5 Å². The molecule has 0 bridgehead atoms. The molecule has 6 nitrogen and oxygen atoms in total. The van der Waals surface area contributed by atoms with Gasteiger partial charge in [0.1, 0.15) is 12.2 Å². The lowest BCUT2D eigenvalue weighted by Gasteiger charge is -2.40. The molecular weight excluding hydrogens is 422 g/mol. The van der Waals surface area contributed by atoms with Gasteiger partial charge in [-0.25, -0.2) is 0 Å². The van der Waals surface area contributed by atoms with Gasteiger partial charge < -0.3 is 15.1 Å². The zero-order chi connectivity index (χ0) is 23.2. The molecule has 3 aromatic rings. The fraction of sp³-hybridized carbons (Fsp3) is 0.500. The second kappa shape index (κ2) is 11.2. The number of hydrogen-bond acceptors (Lipinski definition) is 4. The molecule has 1 N–H and O–H groups in total. The highest BCUT2D eigenvalue weighted by atomic mass is 16.2. The van der Waals surface area contributed by atoms with Crippen LogP contribution >= 0.6 is 0 Å². The van der Waals surface area contributed by atoms with E-state index in [0.717, 1.165) is 47.7 Å². The molecule has 1 amide bonds. The minimum absolute atomic E-state index is 0.0247. The van der Waals surface area contributed by atoms with Crippen LogP contribution in [0.4, 0.5) is 0 Å². The van der Waals surface area contributed by atoms with Crippen LogP contribution in [0.2, 0.25) is 0 Å². The minimum Gasteiger partial charge on any atom is -0.354 e. The van der Waals surface area contributed by atoms with Crippen molar-refractivity contribution in [3.8, 4) is 11.3 Å². The van der Waals surface area contributed by atoms with E-state index >= 15 is 0 Å². The Morgan fingerprint density at radius 1 is 0.912 bits per heavy atom. The maximum absolute atomic E-state index is 12.7. The first-order chi connectivity index (χ1) is 16.8. The average Bonchev–Trinajstić information content (AvgIpc) is 3.26. The van der Waals surface area contributed by atoms with Crippen LogP contribution in [-0.2, 0) is 11.3 Å². The summed E-state index contributed by atoms with van der Waals surface area (Å²) in [6.07, 6.45) is 7.75. The number of hydrogen-bond donors (Lipinski definition) is 1. The van der Waals surface area contributed by atoms with Crippen molar-refractivity contribution >= 4 is 16.8 Å². The van der Waals surface area contributed by atoms with Gasteiger partial charge in [-0.15, -0.1) is 0 Å². The molecule has 2 fully saturated rings. The molecule has 0 saturated carbocycles. The van der Waals surface area contributed by atoms with Crippen molar-refractivity contribution in [1.82, 2.24) is 24.9 Å². The SMILES string of the molecule is O=C(Cn1nc(-c2ccccc2)c2ccccc21)NCCCN1CCC(N2CCCCC2)CC1. The normalized spacial score (nSPS) is 18.4. The van der Waals surface area contributed by atoms with Crippen LogP contribution in [0.25, 0.3) is 22.2 Å². The fourth-order valence-corrected chi connectivity index (χ4v) is 5.57. The maximum Gasteiger partial charge on any atom is 0.241 e. The number of piperidine rings is 2. The molecule has 1 aromatic heterocycles. The predicted octanol–water partition coefficient (Wildman–Crippen LogP) is 4.16. The van der Waals surface area contributed by atoms with Crippen LogP contribution in [0.15, 0.2) is 54.6 Å². The molecule has 3 heterocycles. The van der Waals surface area contributed by atoms with E-state index in [2.05, 4.69) is 33.3 Å². The van der Waals surface area contributed by atoms with Crippen LogP contribution in [0.1, 0.15) is 38.5 Å². The average molecular weight is 460 g/mol. The topological polar surface area (TPSA) is 53.4 Å². The highest BCUT2D eigenvalue weighted by molar-refractivity contribution is 5.94. The summed E-state index contributed by atoms with van der Waals surface area (Å²) in [4.78, 5) is 18.0. The Labute approximate surface area is 202 Å². The van der Waals surface area contributed by atoms with Crippen LogP contribution in [0.3, 0.4) is 0 Å². The number of carbonyl (C=O) groups excluding carboxylic acids is 1. The van der Waals surface area contributed by atoms with Crippen LogP contribution < -0.4 is 5.32 Å². The molecule has 0 unspecified atom stereocenters. The monoisotopic (exact) mass is 459 g/mol. The third kappa shape index (κ3) is 5.50. The maximum atomic E-state index is 12.7. The molecule has 180 valence electrons. The highest BCUT2D eigenvalue weighted by Crippen LogP contribution is 2.27. The van der Waals surface area contributed by atoms with Gasteiger partial charge in [0.15, 0.2) is 0 Å². The van der Waals surface area contributed by atoms with Crippen molar-refractivity contribution in [2.24, 2.45) is 0 Å². The molecule has 34 heavy (non-hydrogen) atoms. The molecule has 0 atom stereocenters. The number of nitrogens with zero attached hydrogens (tertiary/aromatic N) is 4. The van der Waals surface area contributed by atoms with Crippen LogP contribution in [0.5, 0.6) is 0 Å². The quantitative estimate of drug-likeness (QED) is 0.514. The number of aromatic nitrogens is 2. The summed E-state index contributed by atoms with van der Waals surface area (Å²) in [7, 11) is 0. The van der Waals surface area contributed by atoms with E-state index < -0.39 is 0 Å². The van der Waals surface area contributed by atoms with Crippen LogP contribution in [0, 0.1) is 0 Å². The van der Waals surface area contributed by atoms with Crippen molar-refractivity contribution in [3.05, 3.63) is 54.6 Å². The van der Waals surface area contributed by atoms with E-state index in [0.29, 0.717) is 0 Å². The Hall–Kier alpha value is -2.70. The highest BCUT2D eigenvalue weighted by Gasteiger charge is 2.25. The van der Waals surface area contributed by atoms with E-state index in [1.807, 2.05) is 41.1 Å².